The van der Waals surface area contributed by atoms with Crippen LogP contribution in [-0.2, 0) is 13.0 Å². The predicted molar refractivity (Wildman–Crippen MR) is 103 cm³/mol. The van der Waals surface area contributed by atoms with Crippen LogP contribution >= 0.6 is 11.6 Å². The van der Waals surface area contributed by atoms with E-state index in [0.29, 0.717) is 22.9 Å². The molecule has 1 fully saturated rings. The van der Waals surface area contributed by atoms with Crippen LogP contribution in [0.1, 0.15) is 60.0 Å². The third kappa shape index (κ3) is 3.68. The van der Waals surface area contributed by atoms with Crippen molar-refractivity contribution >= 4 is 17.5 Å². The quantitative estimate of drug-likeness (QED) is 0.804. The molecule has 144 valence electrons. The zero-order valence-electron chi connectivity index (χ0n) is 15.7. The summed E-state index contributed by atoms with van der Waals surface area (Å²) in [4.78, 5) is 15.0. The van der Waals surface area contributed by atoms with Crippen molar-refractivity contribution in [2.75, 3.05) is 20.2 Å². The van der Waals surface area contributed by atoms with E-state index < -0.39 is 0 Å². The highest BCUT2D eigenvalue weighted by atomic mass is 35.5. The second-order valence-electron chi connectivity index (χ2n) is 7.37. The molecule has 0 N–H and O–H groups in total. The van der Waals surface area contributed by atoms with Crippen molar-refractivity contribution < 1.29 is 9.53 Å². The Morgan fingerprint density at radius 3 is 2.93 bits per heavy atom. The summed E-state index contributed by atoms with van der Waals surface area (Å²) in [6, 6.07) is 5.17. The first-order chi connectivity index (χ1) is 13.2. The number of hydrogen-bond acceptors (Lipinski definition) is 4. The number of halogens is 1. The number of piperidine rings is 1. The first-order valence-electron chi connectivity index (χ1n) is 9.72. The van der Waals surface area contributed by atoms with Crippen LogP contribution in [0.4, 0.5) is 0 Å². The minimum absolute atomic E-state index is 0.0327. The fraction of sp³-hybridized carbons (Fsp3) is 0.550. The molecule has 2 aliphatic rings. The maximum Gasteiger partial charge on any atom is 0.257 e. The van der Waals surface area contributed by atoms with E-state index in [9.17, 15) is 4.79 Å². The minimum Gasteiger partial charge on any atom is -0.496 e. The van der Waals surface area contributed by atoms with Gasteiger partial charge in [-0.3, -0.25) is 4.79 Å². The number of rotatable bonds is 3. The Morgan fingerprint density at radius 2 is 2.07 bits per heavy atom. The average Bonchev–Trinajstić information content (AvgIpc) is 2.96. The van der Waals surface area contributed by atoms with Crippen molar-refractivity contribution in [3.8, 4) is 5.75 Å². The van der Waals surface area contributed by atoms with E-state index in [4.69, 9.17) is 16.3 Å². The van der Waals surface area contributed by atoms with Crippen LogP contribution in [0, 0.1) is 0 Å². The Hall–Kier alpha value is -2.08. The van der Waals surface area contributed by atoms with Gasteiger partial charge in [0, 0.05) is 37.0 Å². The number of nitrogens with zero attached hydrogens (tertiary/aromatic N) is 4. The molecule has 7 heteroatoms. The number of aromatic nitrogens is 3. The lowest BCUT2D eigenvalue weighted by atomic mass is 9.96. The van der Waals surface area contributed by atoms with Crippen LogP contribution in [0.5, 0.6) is 5.75 Å². The molecule has 2 aromatic rings. The fourth-order valence-electron chi connectivity index (χ4n) is 4.20. The summed E-state index contributed by atoms with van der Waals surface area (Å²) in [7, 11) is 1.57. The highest BCUT2D eigenvalue weighted by Crippen LogP contribution is 2.30. The smallest absolute Gasteiger partial charge is 0.257 e. The maximum atomic E-state index is 13.1. The van der Waals surface area contributed by atoms with Gasteiger partial charge in [0.2, 0.25) is 0 Å². The molecule has 2 aliphatic heterocycles. The molecule has 0 saturated carbocycles. The van der Waals surface area contributed by atoms with Gasteiger partial charge >= 0.3 is 0 Å². The molecule has 1 aromatic carbocycles. The van der Waals surface area contributed by atoms with E-state index in [1.807, 2.05) is 4.90 Å². The van der Waals surface area contributed by atoms with Crippen molar-refractivity contribution in [2.45, 2.75) is 51.0 Å². The Bertz CT molecular complexity index is 835. The normalized spacial score (nSPS) is 20.1. The van der Waals surface area contributed by atoms with Gasteiger partial charge in [-0.25, -0.2) is 0 Å². The number of methoxy groups -OCH3 is 1. The van der Waals surface area contributed by atoms with Crippen LogP contribution in [0.25, 0.3) is 0 Å². The fourth-order valence-corrected chi connectivity index (χ4v) is 4.37. The molecule has 1 aromatic heterocycles. The Balaban J connectivity index is 1.56. The summed E-state index contributed by atoms with van der Waals surface area (Å²) >= 11 is 6.11. The first kappa shape index (κ1) is 18.3. The first-order valence-corrected chi connectivity index (χ1v) is 10.1. The van der Waals surface area contributed by atoms with Crippen LogP contribution < -0.4 is 4.74 Å². The van der Waals surface area contributed by atoms with E-state index in [1.165, 1.54) is 19.3 Å². The van der Waals surface area contributed by atoms with Crippen molar-refractivity contribution in [1.29, 1.82) is 0 Å². The predicted octanol–water partition coefficient (Wildman–Crippen LogP) is 3.69. The molecule has 0 radical (unpaired) electrons. The molecular formula is C20H25ClN4O2. The maximum absolute atomic E-state index is 13.1. The number of aryl methyl sites for hydroxylation is 1. The summed E-state index contributed by atoms with van der Waals surface area (Å²) < 4.78 is 7.66. The Kier molecular flexibility index (Phi) is 5.34. The van der Waals surface area contributed by atoms with Gasteiger partial charge in [-0.15, -0.1) is 10.2 Å². The van der Waals surface area contributed by atoms with E-state index >= 15 is 0 Å². The van der Waals surface area contributed by atoms with Crippen molar-refractivity contribution in [2.24, 2.45) is 0 Å². The van der Waals surface area contributed by atoms with Crippen molar-refractivity contribution in [3.63, 3.8) is 0 Å². The summed E-state index contributed by atoms with van der Waals surface area (Å²) in [5, 5.41) is 9.48. The van der Waals surface area contributed by atoms with E-state index in [1.54, 1.807) is 25.3 Å². The highest BCUT2D eigenvalue weighted by Gasteiger charge is 2.30. The number of amides is 1. The van der Waals surface area contributed by atoms with E-state index in [-0.39, 0.29) is 11.8 Å². The lowest BCUT2D eigenvalue weighted by molar-refractivity contribution is 0.0699. The number of benzene rings is 1. The van der Waals surface area contributed by atoms with Gasteiger partial charge < -0.3 is 14.2 Å². The molecule has 0 bridgehead atoms. The van der Waals surface area contributed by atoms with Gasteiger partial charge in [-0.2, -0.15) is 0 Å². The molecule has 0 spiro atoms. The summed E-state index contributed by atoms with van der Waals surface area (Å²) in [6.45, 7) is 2.39. The molecule has 6 nitrogen and oxygen atoms in total. The van der Waals surface area contributed by atoms with Crippen LogP contribution in [0.3, 0.4) is 0 Å². The monoisotopic (exact) mass is 388 g/mol. The van der Waals surface area contributed by atoms with Gasteiger partial charge in [-0.05, 0) is 43.9 Å². The van der Waals surface area contributed by atoms with Crippen LogP contribution in [-0.4, -0.2) is 45.8 Å². The Morgan fingerprint density at radius 1 is 1.19 bits per heavy atom. The molecule has 1 saturated heterocycles. The summed E-state index contributed by atoms with van der Waals surface area (Å²) in [5.74, 6) is 2.90. The SMILES string of the molecule is COc1ccc(Cl)cc1C(=O)N1CCCC(c2nnc3n2CCCCC3)C1. The summed E-state index contributed by atoms with van der Waals surface area (Å²) in [6.07, 6.45) is 6.60. The van der Waals surface area contributed by atoms with Gasteiger partial charge in [0.15, 0.2) is 0 Å². The molecule has 4 rings (SSSR count). The number of ether oxygens (including phenoxy) is 1. The number of fused-ring (bicyclic) bond motifs is 1. The number of carbonyl (C=O) groups excluding carboxylic acids is 1. The number of carbonyl (C=O) groups is 1. The molecule has 3 heterocycles. The largest absolute Gasteiger partial charge is 0.496 e. The topological polar surface area (TPSA) is 60.2 Å². The lowest BCUT2D eigenvalue weighted by Gasteiger charge is -2.33. The zero-order chi connectivity index (χ0) is 18.8. The lowest BCUT2D eigenvalue weighted by Crippen LogP contribution is -2.40. The molecule has 27 heavy (non-hydrogen) atoms. The standard InChI is InChI=1S/C20H25ClN4O2/c1-27-17-9-8-15(21)12-16(17)20(26)24-10-5-6-14(13-24)19-23-22-18-7-3-2-4-11-25(18)19/h8-9,12,14H,2-7,10-11,13H2,1H3. The van der Waals surface area contributed by atoms with Gasteiger partial charge in [0.05, 0.1) is 12.7 Å². The second kappa shape index (κ2) is 7.89. The molecule has 1 atom stereocenters. The van der Waals surface area contributed by atoms with Gasteiger partial charge in [0.1, 0.15) is 17.4 Å². The number of hydrogen-bond donors (Lipinski definition) is 0. The third-order valence-electron chi connectivity index (χ3n) is 5.60. The van der Waals surface area contributed by atoms with Gasteiger partial charge in [0.25, 0.3) is 5.91 Å². The zero-order valence-corrected chi connectivity index (χ0v) is 16.4. The van der Waals surface area contributed by atoms with Gasteiger partial charge in [-0.1, -0.05) is 18.0 Å². The second-order valence-corrected chi connectivity index (χ2v) is 7.81. The summed E-state index contributed by atoms with van der Waals surface area (Å²) in [5.41, 5.74) is 0.519. The Labute approximate surface area is 164 Å². The minimum atomic E-state index is -0.0327. The van der Waals surface area contributed by atoms with Crippen molar-refractivity contribution in [3.05, 3.63) is 40.4 Å². The third-order valence-corrected chi connectivity index (χ3v) is 5.84. The highest BCUT2D eigenvalue weighted by molar-refractivity contribution is 6.31. The molecule has 1 unspecified atom stereocenters. The molecule has 0 aliphatic carbocycles. The average molecular weight is 389 g/mol. The van der Waals surface area contributed by atoms with E-state index in [0.717, 1.165) is 44.0 Å². The van der Waals surface area contributed by atoms with Crippen LogP contribution in [0.2, 0.25) is 5.02 Å². The molecule has 1 amide bonds. The number of likely N-dealkylation sites (tertiary alicyclic amines) is 1. The van der Waals surface area contributed by atoms with Crippen LogP contribution in [0.15, 0.2) is 18.2 Å². The molecular weight excluding hydrogens is 364 g/mol. The van der Waals surface area contributed by atoms with E-state index in [2.05, 4.69) is 14.8 Å². The van der Waals surface area contributed by atoms with Crippen molar-refractivity contribution in [1.82, 2.24) is 19.7 Å².